The molecule has 0 aromatic carbocycles. The number of rotatable bonds is 1. The van der Waals surface area contributed by atoms with Crippen LogP contribution in [0.4, 0.5) is 0 Å². The smallest absolute Gasteiger partial charge is 0.154 e. The molecule has 1 fully saturated rings. The molecule has 0 amide bonds. The Bertz CT molecular complexity index is 536. The highest BCUT2D eigenvalue weighted by Crippen LogP contribution is 2.30. The van der Waals surface area contributed by atoms with Crippen LogP contribution in [-0.2, 0) is 16.4 Å². The second-order valence-corrected chi connectivity index (χ2v) is 7.82. The van der Waals surface area contributed by atoms with Crippen LogP contribution in [0, 0.1) is 0 Å². The zero-order valence-corrected chi connectivity index (χ0v) is 11.5. The highest BCUT2D eigenvalue weighted by atomic mass is 32.2. The van der Waals surface area contributed by atoms with Gasteiger partial charge in [-0.2, -0.15) is 5.10 Å². The summed E-state index contributed by atoms with van der Waals surface area (Å²) in [6.45, 7) is 3.15. The summed E-state index contributed by atoms with van der Waals surface area (Å²) in [5.41, 5.74) is 0. The second kappa shape index (κ2) is 4.33. The Kier molecular flexibility index (Phi) is 2.92. The maximum atomic E-state index is 11.4. The fourth-order valence-corrected chi connectivity index (χ4v) is 4.39. The first-order valence-corrected chi connectivity index (χ1v) is 8.52. The number of aryl methyl sites for hydroxylation is 1. The topological polar surface area (TPSA) is 64.8 Å². The summed E-state index contributed by atoms with van der Waals surface area (Å²) in [7, 11) is -2.80. The Balaban J connectivity index is 1.82. The summed E-state index contributed by atoms with van der Waals surface area (Å²) in [6.07, 6.45) is 3.70. The molecule has 3 rings (SSSR count). The van der Waals surface area contributed by atoms with Crippen molar-refractivity contribution in [2.75, 3.05) is 11.5 Å². The van der Waals surface area contributed by atoms with Crippen LogP contribution in [0.25, 0.3) is 0 Å². The van der Waals surface area contributed by atoms with E-state index in [1.54, 1.807) is 0 Å². The van der Waals surface area contributed by atoms with Crippen molar-refractivity contribution in [3.05, 3.63) is 11.6 Å². The van der Waals surface area contributed by atoms with Gasteiger partial charge in [0.05, 0.1) is 11.5 Å². The van der Waals surface area contributed by atoms with Crippen LogP contribution in [0.15, 0.2) is 0 Å². The zero-order valence-electron chi connectivity index (χ0n) is 10.7. The Hall–Kier alpha value is -0.910. The maximum Gasteiger partial charge on any atom is 0.154 e. The number of aromatic nitrogens is 3. The third-order valence-corrected chi connectivity index (χ3v) is 5.80. The number of hydrogen-bond acceptors (Lipinski definition) is 4. The van der Waals surface area contributed by atoms with Gasteiger partial charge in [-0.15, -0.1) is 0 Å². The molecule has 0 bridgehead atoms. The Labute approximate surface area is 108 Å². The molecule has 6 heteroatoms. The van der Waals surface area contributed by atoms with E-state index < -0.39 is 9.84 Å². The highest BCUT2D eigenvalue weighted by molar-refractivity contribution is 7.91. The van der Waals surface area contributed by atoms with Crippen molar-refractivity contribution < 1.29 is 8.42 Å². The van der Waals surface area contributed by atoms with E-state index in [9.17, 15) is 8.42 Å². The summed E-state index contributed by atoms with van der Waals surface area (Å²) in [4.78, 5) is 4.66. The van der Waals surface area contributed by atoms with E-state index >= 15 is 0 Å². The van der Waals surface area contributed by atoms with Gasteiger partial charge in [-0.1, -0.05) is 6.92 Å². The van der Waals surface area contributed by atoms with Crippen LogP contribution in [-0.4, -0.2) is 34.7 Å². The lowest BCUT2D eigenvalue weighted by Gasteiger charge is -2.18. The SMILES string of the molecule is CC1CCCn2nc(C3CCS(=O)(=O)CC3)nc21. The van der Waals surface area contributed by atoms with Crippen molar-refractivity contribution in [3.8, 4) is 0 Å². The van der Waals surface area contributed by atoms with Gasteiger partial charge in [0, 0.05) is 18.4 Å². The monoisotopic (exact) mass is 269 g/mol. The minimum atomic E-state index is -2.80. The van der Waals surface area contributed by atoms with E-state index in [1.807, 2.05) is 4.68 Å². The minimum Gasteiger partial charge on any atom is -0.250 e. The first kappa shape index (κ1) is 12.1. The van der Waals surface area contributed by atoms with E-state index in [2.05, 4.69) is 17.0 Å². The second-order valence-electron chi connectivity index (χ2n) is 5.52. The van der Waals surface area contributed by atoms with Gasteiger partial charge >= 0.3 is 0 Å². The highest BCUT2D eigenvalue weighted by Gasteiger charge is 2.29. The quantitative estimate of drug-likeness (QED) is 0.774. The Morgan fingerprint density at radius 1 is 1.22 bits per heavy atom. The van der Waals surface area contributed by atoms with Gasteiger partial charge in [-0.25, -0.2) is 18.1 Å². The van der Waals surface area contributed by atoms with Crippen molar-refractivity contribution >= 4 is 9.84 Å². The first-order chi connectivity index (χ1) is 8.55. The van der Waals surface area contributed by atoms with E-state index in [0.29, 0.717) is 18.8 Å². The Morgan fingerprint density at radius 3 is 2.61 bits per heavy atom. The lowest BCUT2D eigenvalue weighted by molar-refractivity contribution is 0.430. The summed E-state index contributed by atoms with van der Waals surface area (Å²) in [5, 5.41) is 4.58. The van der Waals surface area contributed by atoms with Crippen molar-refractivity contribution in [2.45, 2.75) is 51.0 Å². The molecule has 0 spiro atoms. The summed E-state index contributed by atoms with van der Waals surface area (Å²) < 4.78 is 24.9. The third kappa shape index (κ3) is 2.18. The molecular weight excluding hydrogens is 250 g/mol. The van der Waals surface area contributed by atoms with Crippen LogP contribution in [0.3, 0.4) is 0 Å². The molecule has 2 aliphatic heterocycles. The van der Waals surface area contributed by atoms with Crippen LogP contribution in [0.2, 0.25) is 0 Å². The van der Waals surface area contributed by atoms with Gasteiger partial charge in [-0.3, -0.25) is 0 Å². The van der Waals surface area contributed by atoms with Crippen molar-refractivity contribution in [1.29, 1.82) is 0 Å². The normalized spacial score (nSPS) is 27.9. The average molecular weight is 269 g/mol. The molecule has 18 heavy (non-hydrogen) atoms. The lowest BCUT2D eigenvalue weighted by Crippen LogP contribution is -2.22. The number of sulfone groups is 1. The average Bonchev–Trinajstić information content (AvgIpc) is 2.74. The largest absolute Gasteiger partial charge is 0.250 e. The van der Waals surface area contributed by atoms with Gasteiger partial charge in [0.15, 0.2) is 5.82 Å². The van der Waals surface area contributed by atoms with Crippen LogP contribution < -0.4 is 0 Å². The molecule has 1 unspecified atom stereocenters. The summed E-state index contributed by atoms with van der Waals surface area (Å²) in [5.74, 6) is 3.25. The van der Waals surface area contributed by atoms with E-state index in [0.717, 1.165) is 24.6 Å². The Morgan fingerprint density at radius 2 is 1.94 bits per heavy atom. The zero-order chi connectivity index (χ0) is 12.8. The fourth-order valence-electron chi connectivity index (χ4n) is 2.90. The van der Waals surface area contributed by atoms with Gasteiger partial charge in [0.25, 0.3) is 0 Å². The van der Waals surface area contributed by atoms with Crippen LogP contribution in [0.1, 0.15) is 56.1 Å². The van der Waals surface area contributed by atoms with Crippen molar-refractivity contribution in [3.63, 3.8) is 0 Å². The van der Waals surface area contributed by atoms with Crippen molar-refractivity contribution in [2.24, 2.45) is 0 Å². The molecule has 1 aromatic rings. The maximum absolute atomic E-state index is 11.4. The molecule has 1 aromatic heterocycles. The molecule has 1 atom stereocenters. The van der Waals surface area contributed by atoms with Crippen LogP contribution in [0.5, 0.6) is 0 Å². The fraction of sp³-hybridized carbons (Fsp3) is 0.833. The number of hydrogen-bond donors (Lipinski definition) is 0. The molecule has 0 N–H and O–H groups in total. The molecule has 0 saturated carbocycles. The molecule has 3 heterocycles. The van der Waals surface area contributed by atoms with Crippen LogP contribution >= 0.6 is 0 Å². The number of fused-ring (bicyclic) bond motifs is 1. The molecule has 2 aliphatic rings. The predicted molar refractivity (Wildman–Crippen MR) is 68.3 cm³/mol. The van der Waals surface area contributed by atoms with Gasteiger partial charge in [-0.05, 0) is 25.7 Å². The van der Waals surface area contributed by atoms with Gasteiger partial charge < -0.3 is 0 Å². The molecule has 100 valence electrons. The molecule has 0 radical (unpaired) electrons. The lowest BCUT2D eigenvalue weighted by atomic mass is 10.0. The van der Waals surface area contributed by atoms with Gasteiger partial charge in [0.2, 0.25) is 0 Å². The molecule has 1 saturated heterocycles. The summed E-state index contributed by atoms with van der Waals surface area (Å²) >= 11 is 0. The van der Waals surface area contributed by atoms with E-state index in [4.69, 9.17) is 0 Å². The predicted octanol–water partition coefficient (Wildman–Crippen LogP) is 1.47. The minimum absolute atomic E-state index is 0.235. The molecule has 0 aliphatic carbocycles. The van der Waals surface area contributed by atoms with Crippen molar-refractivity contribution in [1.82, 2.24) is 14.8 Å². The van der Waals surface area contributed by atoms with E-state index in [1.165, 1.54) is 6.42 Å². The standard InChI is InChI=1S/C12H19N3O2S/c1-9-3-2-6-15-12(9)13-11(14-15)10-4-7-18(16,17)8-5-10/h9-10H,2-8H2,1H3. The molecular formula is C12H19N3O2S. The number of nitrogens with zero attached hydrogens (tertiary/aromatic N) is 3. The third-order valence-electron chi connectivity index (χ3n) is 4.08. The van der Waals surface area contributed by atoms with Gasteiger partial charge in [0.1, 0.15) is 15.7 Å². The first-order valence-electron chi connectivity index (χ1n) is 6.70. The molecule has 5 nitrogen and oxygen atoms in total. The van der Waals surface area contributed by atoms with E-state index in [-0.39, 0.29) is 17.4 Å². The summed E-state index contributed by atoms with van der Waals surface area (Å²) in [6, 6.07) is 0.